The third-order valence-electron chi connectivity index (χ3n) is 4.74. The highest BCUT2D eigenvalue weighted by Gasteiger charge is 2.23. The topological polar surface area (TPSA) is 18.5 Å². The molecule has 0 amide bonds. The molecule has 100 valence electrons. The fourth-order valence-electron chi connectivity index (χ4n) is 3.07. The minimum absolute atomic E-state index is 0.749. The van der Waals surface area contributed by atoms with E-state index in [0.29, 0.717) is 0 Å². The van der Waals surface area contributed by atoms with Crippen LogP contribution < -0.4 is 5.32 Å². The Labute approximate surface area is 107 Å². The van der Waals surface area contributed by atoms with Crippen LogP contribution in [-0.2, 0) is 0 Å². The first-order chi connectivity index (χ1) is 8.15. The van der Waals surface area contributed by atoms with E-state index in [-0.39, 0.29) is 0 Å². The Morgan fingerprint density at radius 2 is 1.76 bits per heavy atom. The Bertz CT molecular complexity index is 224. The first-order valence-electron chi connectivity index (χ1n) is 7.27. The van der Waals surface area contributed by atoms with Crippen molar-refractivity contribution >= 4 is 0 Å². The van der Waals surface area contributed by atoms with Crippen molar-refractivity contribution < 1.29 is 0 Å². The molecule has 0 bridgehead atoms. The Morgan fingerprint density at radius 3 is 2.41 bits per heavy atom. The summed E-state index contributed by atoms with van der Waals surface area (Å²) in [7, 11) is 4.49. The number of likely N-dealkylation sites (tertiary alicyclic amines) is 2. The highest BCUT2D eigenvalue weighted by molar-refractivity contribution is 4.82. The summed E-state index contributed by atoms with van der Waals surface area (Å²) in [5.74, 6) is 0.918. The van der Waals surface area contributed by atoms with E-state index >= 15 is 0 Å². The van der Waals surface area contributed by atoms with Gasteiger partial charge in [-0.2, -0.15) is 0 Å². The van der Waals surface area contributed by atoms with Crippen LogP contribution in [0.2, 0.25) is 0 Å². The van der Waals surface area contributed by atoms with Crippen LogP contribution in [0.1, 0.15) is 32.6 Å². The van der Waals surface area contributed by atoms with Gasteiger partial charge in [0.05, 0.1) is 0 Å². The lowest BCUT2D eigenvalue weighted by Crippen LogP contribution is -2.47. The molecular formula is C14H29N3. The van der Waals surface area contributed by atoms with Gasteiger partial charge in [-0.25, -0.2) is 0 Å². The maximum Gasteiger partial charge on any atom is 0.00941 e. The molecule has 0 aromatic carbocycles. The summed E-state index contributed by atoms with van der Waals surface area (Å²) in [6, 6.07) is 1.51. The standard InChI is InChI=1S/C14H29N3/c1-12-10-14(6-9-17(12)3)15-11-13-4-7-16(2)8-5-13/h12-15H,4-11H2,1-3H3. The number of hydrogen-bond acceptors (Lipinski definition) is 3. The van der Waals surface area contributed by atoms with Crippen molar-refractivity contribution in [3.63, 3.8) is 0 Å². The van der Waals surface area contributed by atoms with E-state index in [1.165, 1.54) is 51.9 Å². The predicted molar refractivity (Wildman–Crippen MR) is 73.3 cm³/mol. The summed E-state index contributed by atoms with van der Waals surface area (Å²) in [6.07, 6.45) is 5.41. The van der Waals surface area contributed by atoms with Crippen LogP contribution in [0.15, 0.2) is 0 Å². The zero-order chi connectivity index (χ0) is 12.3. The third-order valence-corrected chi connectivity index (χ3v) is 4.74. The predicted octanol–water partition coefficient (Wildman–Crippen LogP) is 1.40. The lowest BCUT2D eigenvalue weighted by atomic mass is 9.94. The lowest BCUT2D eigenvalue weighted by Gasteiger charge is -2.37. The average Bonchev–Trinajstić information content (AvgIpc) is 2.33. The number of nitrogens with zero attached hydrogens (tertiary/aromatic N) is 2. The molecule has 1 N–H and O–H groups in total. The first-order valence-corrected chi connectivity index (χ1v) is 7.27. The van der Waals surface area contributed by atoms with Gasteiger partial charge in [0.2, 0.25) is 0 Å². The van der Waals surface area contributed by atoms with E-state index in [2.05, 4.69) is 36.1 Å². The van der Waals surface area contributed by atoms with Crippen LogP contribution >= 0.6 is 0 Å². The monoisotopic (exact) mass is 239 g/mol. The van der Waals surface area contributed by atoms with E-state index < -0.39 is 0 Å². The fourth-order valence-corrected chi connectivity index (χ4v) is 3.07. The van der Waals surface area contributed by atoms with Crippen molar-refractivity contribution in [3.05, 3.63) is 0 Å². The smallest absolute Gasteiger partial charge is 0.00941 e. The molecule has 3 heteroatoms. The Hall–Kier alpha value is -0.120. The van der Waals surface area contributed by atoms with E-state index in [0.717, 1.165) is 18.0 Å². The largest absolute Gasteiger partial charge is 0.314 e. The number of piperidine rings is 2. The minimum Gasteiger partial charge on any atom is -0.314 e. The van der Waals surface area contributed by atoms with E-state index in [1.54, 1.807) is 0 Å². The van der Waals surface area contributed by atoms with E-state index in [9.17, 15) is 0 Å². The van der Waals surface area contributed by atoms with Crippen LogP contribution in [0.5, 0.6) is 0 Å². The minimum atomic E-state index is 0.749. The molecular weight excluding hydrogens is 210 g/mol. The van der Waals surface area contributed by atoms with Crippen LogP contribution in [0.4, 0.5) is 0 Å². The second kappa shape index (κ2) is 6.17. The third kappa shape index (κ3) is 3.94. The van der Waals surface area contributed by atoms with Gasteiger partial charge >= 0.3 is 0 Å². The quantitative estimate of drug-likeness (QED) is 0.803. The molecule has 2 saturated heterocycles. The summed E-state index contributed by atoms with van der Waals surface area (Å²) in [6.45, 7) is 7.43. The molecule has 2 aliphatic rings. The van der Waals surface area contributed by atoms with Gasteiger partial charge in [0.1, 0.15) is 0 Å². The molecule has 17 heavy (non-hydrogen) atoms. The summed E-state index contributed by atoms with van der Waals surface area (Å²) in [5, 5.41) is 3.81. The molecule has 2 atom stereocenters. The molecule has 0 aliphatic carbocycles. The van der Waals surface area contributed by atoms with Gasteiger partial charge in [-0.05, 0) is 78.8 Å². The molecule has 0 saturated carbocycles. The highest BCUT2D eigenvalue weighted by atomic mass is 15.1. The molecule has 2 unspecified atom stereocenters. The summed E-state index contributed by atoms with van der Waals surface area (Å²) < 4.78 is 0. The molecule has 2 heterocycles. The van der Waals surface area contributed by atoms with Crippen LogP contribution in [-0.4, -0.2) is 62.2 Å². The van der Waals surface area contributed by atoms with Gasteiger partial charge in [0.15, 0.2) is 0 Å². The van der Waals surface area contributed by atoms with Gasteiger partial charge in [-0.3, -0.25) is 0 Å². The summed E-state index contributed by atoms with van der Waals surface area (Å²) in [4.78, 5) is 4.93. The molecule has 0 radical (unpaired) electrons. The van der Waals surface area contributed by atoms with Crippen molar-refractivity contribution in [2.75, 3.05) is 40.3 Å². The van der Waals surface area contributed by atoms with E-state index in [4.69, 9.17) is 0 Å². The molecule has 2 rings (SSSR count). The first kappa shape index (κ1) is 13.3. The number of nitrogens with one attached hydrogen (secondary N) is 1. The van der Waals surface area contributed by atoms with Gasteiger partial charge in [-0.15, -0.1) is 0 Å². The van der Waals surface area contributed by atoms with Gasteiger partial charge in [-0.1, -0.05) is 0 Å². The molecule has 0 aromatic rings. The van der Waals surface area contributed by atoms with Crippen LogP contribution in [0.3, 0.4) is 0 Å². The second-order valence-electron chi connectivity index (χ2n) is 6.21. The highest BCUT2D eigenvalue weighted by Crippen LogP contribution is 2.18. The van der Waals surface area contributed by atoms with Crippen molar-refractivity contribution in [1.29, 1.82) is 0 Å². The maximum absolute atomic E-state index is 3.81. The van der Waals surface area contributed by atoms with Crippen molar-refractivity contribution in [3.8, 4) is 0 Å². The lowest BCUT2D eigenvalue weighted by molar-refractivity contribution is 0.158. The normalized spacial score (nSPS) is 34.1. The SMILES string of the molecule is CC1CC(NCC2CCN(C)CC2)CCN1C. The number of hydrogen-bond donors (Lipinski definition) is 1. The fraction of sp³-hybridized carbons (Fsp3) is 1.00. The van der Waals surface area contributed by atoms with Gasteiger partial charge in [0, 0.05) is 12.1 Å². The molecule has 2 fully saturated rings. The average molecular weight is 239 g/mol. The number of rotatable bonds is 3. The van der Waals surface area contributed by atoms with E-state index in [1.807, 2.05) is 0 Å². The Kier molecular flexibility index (Phi) is 4.83. The Balaban J connectivity index is 1.65. The maximum atomic E-state index is 3.81. The van der Waals surface area contributed by atoms with Crippen molar-refractivity contribution in [1.82, 2.24) is 15.1 Å². The molecule has 2 aliphatic heterocycles. The summed E-state index contributed by atoms with van der Waals surface area (Å²) >= 11 is 0. The molecule has 3 nitrogen and oxygen atoms in total. The zero-order valence-electron chi connectivity index (χ0n) is 11.8. The van der Waals surface area contributed by atoms with Crippen molar-refractivity contribution in [2.45, 2.75) is 44.7 Å². The van der Waals surface area contributed by atoms with Crippen LogP contribution in [0.25, 0.3) is 0 Å². The van der Waals surface area contributed by atoms with Crippen LogP contribution in [0, 0.1) is 5.92 Å². The van der Waals surface area contributed by atoms with Gasteiger partial charge in [0.25, 0.3) is 0 Å². The molecule has 0 spiro atoms. The Morgan fingerprint density at radius 1 is 1.06 bits per heavy atom. The molecule has 0 aromatic heterocycles. The zero-order valence-corrected chi connectivity index (χ0v) is 11.8. The summed E-state index contributed by atoms with van der Waals surface area (Å²) in [5.41, 5.74) is 0. The second-order valence-corrected chi connectivity index (χ2v) is 6.21. The van der Waals surface area contributed by atoms with Gasteiger partial charge < -0.3 is 15.1 Å². The van der Waals surface area contributed by atoms with Crippen molar-refractivity contribution in [2.24, 2.45) is 5.92 Å².